The molecule has 0 fully saturated rings. The molecule has 0 aliphatic rings. The summed E-state index contributed by atoms with van der Waals surface area (Å²) in [6, 6.07) is 23.6. The normalized spacial score (nSPS) is 10.5. The number of para-hydroxylation sites is 1. The number of rotatable bonds is 8. The van der Waals surface area contributed by atoms with Crippen molar-refractivity contribution in [1.82, 2.24) is 10.3 Å². The van der Waals surface area contributed by atoms with Gasteiger partial charge >= 0.3 is 5.97 Å². The van der Waals surface area contributed by atoms with E-state index in [-0.39, 0.29) is 23.3 Å². The molecule has 4 aromatic rings. The summed E-state index contributed by atoms with van der Waals surface area (Å²) in [5.74, 6) is -1.13. The molecule has 182 valence electrons. The standard InChI is InChI=1S/C28H25N3O5/c1-18-12-14-20(15-13-18)16-29-26(33)22-10-6-7-11-23(22)30-24(32)17-35-28(34)25-19(2)36-27(31-25)21-8-4-3-5-9-21/h3-15H,16-17H2,1-2H3,(H,29,33)(H,30,32). The summed E-state index contributed by atoms with van der Waals surface area (Å²) in [6.45, 7) is 3.39. The summed E-state index contributed by atoms with van der Waals surface area (Å²) in [5, 5.41) is 5.48. The first-order chi connectivity index (χ1) is 17.4. The number of aromatic nitrogens is 1. The molecule has 0 radical (unpaired) electrons. The summed E-state index contributed by atoms with van der Waals surface area (Å²) < 4.78 is 10.7. The zero-order valence-corrected chi connectivity index (χ0v) is 19.9. The van der Waals surface area contributed by atoms with Gasteiger partial charge in [-0.25, -0.2) is 9.78 Å². The van der Waals surface area contributed by atoms with Crippen LogP contribution in [0.5, 0.6) is 0 Å². The average molecular weight is 484 g/mol. The van der Waals surface area contributed by atoms with Crippen LogP contribution in [0.3, 0.4) is 0 Å². The number of amides is 2. The highest BCUT2D eigenvalue weighted by Crippen LogP contribution is 2.22. The Hall–Kier alpha value is -4.72. The number of ether oxygens (including phenoxy) is 1. The molecule has 0 saturated carbocycles. The molecule has 0 aliphatic carbocycles. The fourth-order valence-corrected chi connectivity index (χ4v) is 3.45. The van der Waals surface area contributed by atoms with Crippen molar-refractivity contribution in [2.75, 3.05) is 11.9 Å². The average Bonchev–Trinajstić information content (AvgIpc) is 3.29. The van der Waals surface area contributed by atoms with Gasteiger partial charge in [-0.05, 0) is 43.7 Å². The Morgan fingerprint density at radius 3 is 2.33 bits per heavy atom. The zero-order chi connectivity index (χ0) is 25.5. The highest BCUT2D eigenvalue weighted by Gasteiger charge is 2.21. The summed E-state index contributed by atoms with van der Waals surface area (Å²) in [5.41, 5.74) is 3.41. The number of aryl methyl sites for hydroxylation is 2. The monoisotopic (exact) mass is 483 g/mol. The number of hydrogen-bond acceptors (Lipinski definition) is 6. The van der Waals surface area contributed by atoms with Crippen LogP contribution in [0.4, 0.5) is 5.69 Å². The zero-order valence-electron chi connectivity index (χ0n) is 19.9. The third-order valence-corrected chi connectivity index (χ3v) is 5.36. The quantitative estimate of drug-likeness (QED) is 0.352. The summed E-state index contributed by atoms with van der Waals surface area (Å²) in [6.07, 6.45) is 0. The minimum absolute atomic E-state index is 0.00228. The number of carbonyl (C=O) groups excluding carboxylic acids is 3. The molecular formula is C28H25N3O5. The number of anilines is 1. The fourth-order valence-electron chi connectivity index (χ4n) is 3.45. The third kappa shape index (κ3) is 6.04. The molecule has 0 saturated heterocycles. The smallest absolute Gasteiger partial charge is 0.361 e. The highest BCUT2D eigenvalue weighted by atomic mass is 16.5. The Kier molecular flexibility index (Phi) is 7.55. The second kappa shape index (κ2) is 11.1. The molecule has 8 heteroatoms. The molecule has 2 N–H and O–H groups in total. The van der Waals surface area contributed by atoms with Crippen LogP contribution in [-0.2, 0) is 16.1 Å². The van der Waals surface area contributed by atoms with E-state index in [1.165, 1.54) is 0 Å². The van der Waals surface area contributed by atoms with Crippen molar-refractivity contribution in [2.24, 2.45) is 0 Å². The number of nitrogens with one attached hydrogen (secondary N) is 2. The second-order valence-electron chi connectivity index (χ2n) is 8.13. The molecule has 2 amide bonds. The molecule has 0 bridgehead atoms. The predicted molar refractivity (Wildman–Crippen MR) is 134 cm³/mol. The van der Waals surface area contributed by atoms with Gasteiger partial charge in [0.15, 0.2) is 12.3 Å². The molecule has 1 heterocycles. The van der Waals surface area contributed by atoms with Crippen molar-refractivity contribution in [2.45, 2.75) is 20.4 Å². The summed E-state index contributed by atoms with van der Waals surface area (Å²) >= 11 is 0. The molecule has 8 nitrogen and oxygen atoms in total. The number of benzene rings is 3. The number of carbonyl (C=O) groups is 3. The minimum atomic E-state index is -0.780. The molecule has 0 aliphatic heterocycles. The summed E-state index contributed by atoms with van der Waals surface area (Å²) in [7, 11) is 0. The Bertz CT molecular complexity index is 1380. The molecule has 0 spiro atoms. The van der Waals surface area contributed by atoms with Gasteiger partial charge in [-0.2, -0.15) is 0 Å². The molecule has 4 rings (SSSR count). The van der Waals surface area contributed by atoms with Crippen molar-refractivity contribution in [3.8, 4) is 11.5 Å². The Labute approximate surface area is 208 Å². The first kappa shape index (κ1) is 24.4. The van der Waals surface area contributed by atoms with Gasteiger partial charge in [0, 0.05) is 12.1 Å². The van der Waals surface area contributed by atoms with Gasteiger partial charge in [-0.3, -0.25) is 9.59 Å². The minimum Gasteiger partial charge on any atom is -0.451 e. The van der Waals surface area contributed by atoms with E-state index in [2.05, 4.69) is 15.6 Å². The van der Waals surface area contributed by atoms with Gasteiger partial charge in [0.05, 0.1) is 11.3 Å². The second-order valence-corrected chi connectivity index (χ2v) is 8.13. The van der Waals surface area contributed by atoms with Gasteiger partial charge in [0.1, 0.15) is 5.76 Å². The van der Waals surface area contributed by atoms with Crippen LogP contribution in [0, 0.1) is 13.8 Å². The maximum atomic E-state index is 12.7. The van der Waals surface area contributed by atoms with Gasteiger partial charge in [-0.15, -0.1) is 0 Å². The maximum absolute atomic E-state index is 12.7. The largest absolute Gasteiger partial charge is 0.451 e. The van der Waals surface area contributed by atoms with Crippen LogP contribution in [0.15, 0.2) is 83.3 Å². The van der Waals surface area contributed by atoms with E-state index in [1.54, 1.807) is 31.2 Å². The SMILES string of the molecule is Cc1ccc(CNC(=O)c2ccccc2NC(=O)COC(=O)c2nc(-c3ccccc3)oc2C)cc1. The van der Waals surface area contributed by atoms with Gasteiger partial charge in [-0.1, -0.05) is 60.2 Å². The summed E-state index contributed by atoms with van der Waals surface area (Å²) in [4.78, 5) is 41.9. The molecule has 0 atom stereocenters. The topological polar surface area (TPSA) is 111 Å². The van der Waals surface area contributed by atoms with E-state index >= 15 is 0 Å². The van der Waals surface area contributed by atoms with Crippen LogP contribution in [0.1, 0.15) is 37.7 Å². The lowest BCUT2D eigenvalue weighted by molar-refractivity contribution is -0.119. The van der Waals surface area contributed by atoms with Gasteiger partial charge < -0.3 is 19.8 Å². The van der Waals surface area contributed by atoms with E-state index in [0.717, 1.165) is 16.7 Å². The van der Waals surface area contributed by atoms with Crippen LogP contribution in [0.2, 0.25) is 0 Å². The van der Waals surface area contributed by atoms with Crippen molar-refractivity contribution in [3.05, 3.63) is 107 Å². The Morgan fingerprint density at radius 1 is 0.889 bits per heavy atom. The molecule has 1 aromatic heterocycles. The predicted octanol–water partition coefficient (Wildman–Crippen LogP) is 4.68. The first-order valence-corrected chi connectivity index (χ1v) is 11.3. The van der Waals surface area contributed by atoms with Gasteiger partial charge in [0.25, 0.3) is 11.8 Å². The van der Waals surface area contributed by atoms with E-state index in [4.69, 9.17) is 9.15 Å². The number of nitrogens with zero attached hydrogens (tertiary/aromatic N) is 1. The molecule has 36 heavy (non-hydrogen) atoms. The lowest BCUT2D eigenvalue weighted by Crippen LogP contribution is -2.26. The lowest BCUT2D eigenvalue weighted by Gasteiger charge is -2.12. The molecule has 3 aromatic carbocycles. The van der Waals surface area contributed by atoms with E-state index in [0.29, 0.717) is 17.8 Å². The van der Waals surface area contributed by atoms with Crippen LogP contribution >= 0.6 is 0 Å². The number of hydrogen-bond donors (Lipinski definition) is 2. The first-order valence-electron chi connectivity index (χ1n) is 11.3. The molecular weight excluding hydrogens is 458 g/mol. The number of oxazole rings is 1. The van der Waals surface area contributed by atoms with E-state index in [1.807, 2.05) is 61.5 Å². The van der Waals surface area contributed by atoms with Crippen molar-refractivity contribution >= 4 is 23.5 Å². The Morgan fingerprint density at radius 2 is 1.58 bits per heavy atom. The van der Waals surface area contributed by atoms with Crippen molar-refractivity contribution in [1.29, 1.82) is 0 Å². The van der Waals surface area contributed by atoms with Crippen LogP contribution in [-0.4, -0.2) is 29.4 Å². The van der Waals surface area contributed by atoms with Crippen LogP contribution < -0.4 is 10.6 Å². The van der Waals surface area contributed by atoms with E-state index < -0.39 is 18.5 Å². The number of esters is 1. The molecule has 0 unspecified atom stereocenters. The lowest BCUT2D eigenvalue weighted by atomic mass is 10.1. The maximum Gasteiger partial charge on any atom is 0.361 e. The highest BCUT2D eigenvalue weighted by molar-refractivity contribution is 6.04. The fraction of sp³-hybridized carbons (Fsp3) is 0.143. The Balaban J connectivity index is 1.34. The van der Waals surface area contributed by atoms with Crippen molar-refractivity contribution < 1.29 is 23.5 Å². The van der Waals surface area contributed by atoms with Crippen LogP contribution in [0.25, 0.3) is 11.5 Å². The van der Waals surface area contributed by atoms with E-state index in [9.17, 15) is 14.4 Å². The van der Waals surface area contributed by atoms with Crippen molar-refractivity contribution in [3.63, 3.8) is 0 Å². The third-order valence-electron chi connectivity index (χ3n) is 5.36. The van der Waals surface area contributed by atoms with Gasteiger partial charge in [0.2, 0.25) is 5.89 Å².